The van der Waals surface area contributed by atoms with Gasteiger partial charge in [0.1, 0.15) is 5.75 Å². The van der Waals surface area contributed by atoms with Crippen molar-refractivity contribution >= 4 is 21.6 Å². The van der Waals surface area contributed by atoms with Gasteiger partial charge in [-0.2, -0.15) is 0 Å². The number of benzene rings is 2. The number of carbonyl (C=O) groups is 1. The fraction of sp³-hybridized carbons (Fsp3) is 0.235. The summed E-state index contributed by atoms with van der Waals surface area (Å²) in [6, 6.07) is 11.9. The number of ether oxygens (including phenoxy) is 1. The molecule has 7 heteroatoms. The van der Waals surface area contributed by atoms with Gasteiger partial charge >= 0.3 is 0 Å². The molecule has 2 aromatic carbocycles. The molecule has 0 aliphatic carbocycles. The van der Waals surface area contributed by atoms with Crippen LogP contribution in [0.2, 0.25) is 0 Å². The zero-order valence-electron chi connectivity index (χ0n) is 13.8. The van der Waals surface area contributed by atoms with E-state index in [1.54, 1.807) is 0 Å². The maximum atomic E-state index is 12.5. The molecule has 6 nitrogen and oxygen atoms in total. The minimum absolute atomic E-state index is 0.0713. The number of carbonyl (C=O) groups excluding carboxylic acids is 1. The van der Waals surface area contributed by atoms with E-state index in [9.17, 15) is 13.2 Å². The molecular weight excluding hydrogens is 328 g/mol. The Morgan fingerprint density at radius 2 is 1.88 bits per heavy atom. The summed E-state index contributed by atoms with van der Waals surface area (Å²) in [4.78, 5) is 11.2. The van der Waals surface area contributed by atoms with Crippen LogP contribution in [0.5, 0.6) is 5.75 Å². The second-order valence-corrected chi connectivity index (χ2v) is 7.06. The number of amides is 1. The van der Waals surface area contributed by atoms with Gasteiger partial charge in [-0.3, -0.25) is 4.79 Å². The molecule has 0 heterocycles. The third-order valence-electron chi connectivity index (χ3n) is 3.51. The molecule has 0 spiro atoms. The first kappa shape index (κ1) is 18.0. The van der Waals surface area contributed by atoms with Crippen LogP contribution in [0, 0.1) is 6.92 Å². The zero-order chi connectivity index (χ0) is 17.7. The van der Waals surface area contributed by atoms with Gasteiger partial charge in [-0.15, -0.1) is 0 Å². The third kappa shape index (κ3) is 4.33. The molecule has 1 amide bonds. The van der Waals surface area contributed by atoms with Crippen LogP contribution < -0.4 is 14.8 Å². The van der Waals surface area contributed by atoms with Crippen molar-refractivity contribution in [2.45, 2.75) is 25.3 Å². The number of aryl methyl sites for hydroxylation is 1. The summed E-state index contributed by atoms with van der Waals surface area (Å²) < 4.78 is 32.7. The highest BCUT2D eigenvalue weighted by molar-refractivity contribution is 7.89. The summed E-state index contributed by atoms with van der Waals surface area (Å²) in [5, 5.41) is 2.59. The van der Waals surface area contributed by atoms with Crippen LogP contribution in [0.25, 0.3) is 0 Å². The van der Waals surface area contributed by atoms with Gasteiger partial charge in [-0.05, 0) is 30.2 Å². The number of nitrogens with one attached hydrogen (secondary N) is 2. The average Bonchev–Trinajstić information content (AvgIpc) is 2.54. The SMILES string of the molecule is COc1cc(S(=O)(=O)NCc2ccccc2C)ccc1NC(C)=O. The number of hydrogen-bond acceptors (Lipinski definition) is 4. The van der Waals surface area contributed by atoms with Gasteiger partial charge in [0, 0.05) is 19.5 Å². The smallest absolute Gasteiger partial charge is 0.241 e. The Balaban J connectivity index is 2.22. The molecule has 0 atom stereocenters. The number of methoxy groups -OCH3 is 1. The predicted octanol–water partition coefficient (Wildman–Crippen LogP) is 2.44. The van der Waals surface area contributed by atoms with Crippen molar-refractivity contribution in [3.05, 3.63) is 53.6 Å². The number of anilines is 1. The summed E-state index contributed by atoms with van der Waals surface area (Å²) in [6.45, 7) is 3.49. The Morgan fingerprint density at radius 1 is 1.17 bits per heavy atom. The summed E-state index contributed by atoms with van der Waals surface area (Å²) in [5.74, 6) is 0.0190. The van der Waals surface area contributed by atoms with E-state index >= 15 is 0 Å². The fourth-order valence-electron chi connectivity index (χ4n) is 2.20. The topological polar surface area (TPSA) is 84.5 Å². The van der Waals surface area contributed by atoms with Gasteiger partial charge in [0.15, 0.2) is 0 Å². The number of rotatable bonds is 6. The Hall–Kier alpha value is -2.38. The number of sulfonamides is 1. The van der Waals surface area contributed by atoms with E-state index in [1.807, 2.05) is 31.2 Å². The van der Waals surface area contributed by atoms with Gasteiger partial charge < -0.3 is 10.1 Å². The molecule has 2 rings (SSSR count). The standard InChI is InChI=1S/C17H20N2O4S/c1-12-6-4-5-7-14(12)11-18-24(21,22)15-8-9-16(19-13(2)20)17(10-15)23-3/h4-10,18H,11H2,1-3H3,(H,19,20). The van der Waals surface area contributed by atoms with Crippen LogP contribution in [-0.4, -0.2) is 21.4 Å². The van der Waals surface area contributed by atoms with Crippen molar-refractivity contribution in [2.24, 2.45) is 0 Å². The first-order valence-electron chi connectivity index (χ1n) is 7.33. The van der Waals surface area contributed by atoms with Crippen LogP contribution >= 0.6 is 0 Å². The van der Waals surface area contributed by atoms with Crippen molar-refractivity contribution in [1.82, 2.24) is 4.72 Å². The molecule has 0 aromatic heterocycles. The quantitative estimate of drug-likeness (QED) is 0.840. The molecule has 0 unspecified atom stereocenters. The second-order valence-electron chi connectivity index (χ2n) is 5.29. The molecule has 2 aromatic rings. The summed E-state index contributed by atoms with van der Waals surface area (Å²) in [6.07, 6.45) is 0. The van der Waals surface area contributed by atoms with E-state index in [4.69, 9.17) is 4.74 Å². The van der Waals surface area contributed by atoms with Crippen LogP contribution in [0.4, 0.5) is 5.69 Å². The van der Waals surface area contributed by atoms with E-state index < -0.39 is 10.0 Å². The largest absolute Gasteiger partial charge is 0.495 e. The van der Waals surface area contributed by atoms with Crippen LogP contribution in [-0.2, 0) is 21.4 Å². The second kappa shape index (κ2) is 7.46. The molecule has 0 aliphatic heterocycles. The average molecular weight is 348 g/mol. The summed E-state index contributed by atoms with van der Waals surface area (Å²) in [5.41, 5.74) is 2.34. The lowest BCUT2D eigenvalue weighted by Crippen LogP contribution is -2.23. The van der Waals surface area contributed by atoms with Gasteiger partial charge in [0.25, 0.3) is 0 Å². The van der Waals surface area contributed by atoms with E-state index in [-0.39, 0.29) is 23.1 Å². The Kier molecular flexibility index (Phi) is 5.58. The van der Waals surface area contributed by atoms with Crippen molar-refractivity contribution < 1.29 is 17.9 Å². The molecule has 0 fully saturated rings. The van der Waals surface area contributed by atoms with E-state index in [0.717, 1.165) is 11.1 Å². The predicted molar refractivity (Wildman–Crippen MR) is 92.5 cm³/mol. The molecule has 0 aliphatic rings. The molecule has 0 saturated carbocycles. The highest BCUT2D eigenvalue weighted by Crippen LogP contribution is 2.27. The summed E-state index contributed by atoms with van der Waals surface area (Å²) in [7, 11) is -2.28. The molecule has 0 radical (unpaired) electrons. The summed E-state index contributed by atoms with van der Waals surface area (Å²) >= 11 is 0. The molecule has 128 valence electrons. The monoisotopic (exact) mass is 348 g/mol. The lowest BCUT2D eigenvalue weighted by Gasteiger charge is -2.12. The Morgan fingerprint density at radius 3 is 2.50 bits per heavy atom. The minimum Gasteiger partial charge on any atom is -0.495 e. The highest BCUT2D eigenvalue weighted by atomic mass is 32.2. The molecular formula is C17H20N2O4S. The third-order valence-corrected chi connectivity index (χ3v) is 4.91. The van der Waals surface area contributed by atoms with E-state index in [0.29, 0.717) is 5.69 Å². The van der Waals surface area contributed by atoms with Crippen molar-refractivity contribution in [2.75, 3.05) is 12.4 Å². The van der Waals surface area contributed by atoms with Crippen molar-refractivity contribution in [1.29, 1.82) is 0 Å². The van der Waals surface area contributed by atoms with Crippen LogP contribution in [0.1, 0.15) is 18.1 Å². The lowest BCUT2D eigenvalue weighted by molar-refractivity contribution is -0.114. The molecule has 2 N–H and O–H groups in total. The lowest BCUT2D eigenvalue weighted by atomic mass is 10.1. The molecule has 0 bridgehead atoms. The Labute approximate surface area is 141 Å². The maximum Gasteiger partial charge on any atom is 0.241 e. The maximum absolute atomic E-state index is 12.5. The van der Waals surface area contributed by atoms with Gasteiger partial charge in [0.05, 0.1) is 17.7 Å². The van der Waals surface area contributed by atoms with Crippen molar-refractivity contribution in [3.63, 3.8) is 0 Å². The van der Waals surface area contributed by atoms with E-state index in [2.05, 4.69) is 10.0 Å². The van der Waals surface area contributed by atoms with E-state index in [1.165, 1.54) is 32.2 Å². The first-order chi connectivity index (χ1) is 11.3. The van der Waals surface area contributed by atoms with Gasteiger partial charge in [-0.25, -0.2) is 13.1 Å². The normalized spacial score (nSPS) is 11.1. The van der Waals surface area contributed by atoms with Crippen LogP contribution in [0.15, 0.2) is 47.4 Å². The fourth-order valence-corrected chi connectivity index (χ4v) is 3.22. The zero-order valence-corrected chi connectivity index (χ0v) is 14.6. The first-order valence-corrected chi connectivity index (χ1v) is 8.81. The van der Waals surface area contributed by atoms with Gasteiger partial charge in [0.2, 0.25) is 15.9 Å². The van der Waals surface area contributed by atoms with Crippen molar-refractivity contribution in [3.8, 4) is 5.75 Å². The molecule has 24 heavy (non-hydrogen) atoms. The minimum atomic E-state index is -3.70. The van der Waals surface area contributed by atoms with Crippen LogP contribution in [0.3, 0.4) is 0 Å². The Bertz CT molecular complexity index is 847. The highest BCUT2D eigenvalue weighted by Gasteiger charge is 2.17. The van der Waals surface area contributed by atoms with Gasteiger partial charge in [-0.1, -0.05) is 24.3 Å². The molecule has 0 saturated heterocycles. The number of hydrogen-bond donors (Lipinski definition) is 2.